The number of rotatable bonds is 13. The summed E-state index contributed by atoms with van der Waals surface area (Å²) < 4.78 is 54.9. The van der Waals surface area contributed by atoms with Crippen molar-refractivity contribution in [3.05, 3.63) is 47.8 Å². The number of carbonyl (C=O) groups is 1. The van der Waals surface area contributed by atoms with Crippen LogP contribution < -0.4 is 9.64 Å². The third-order valence-electron chi connectivity index (χ3n) is 5.09. The minimum atomic E-state index is -4.28. The highest BCUT2D eigenvalue weighted by molar-refractivity contribution is 7.90. The molecule has 0 saturated carbocycles. The molecule has 0 bridgehead atoms. The Bertz CT molecular complexity index is 1110. The largest absolute Gasteiger partial charge is 0.465 e. The summed E-state index contributed by atoms with van der Waals surface area (Å²) in [5, 5.41) is 0. The molecule has 0 saturated heterocycles. The maximum absolute atomic E-state index is 13.5. The molecule has 0 amide bonds. The molecular weight excluding hydrogens is 473 g/mol. The Morgan fingerprint density at radius 3 is 2.17 bits per heavy atom. The Balaban J connectivity index is 2.84. The Morgan fingerprint density at radius 2 is 1.66 bits per heavy atom. The number of halogens is 1. The highest BCUT2D eigenvalue weighted by Crippen LogP contribution is 2.41. The van der Waals surface area contributed by atoms with E-state index in [2.05, 4.69) is 18.2 Å². The van der Waals surface area contributed by atoms with Gasteiger partial charge < -0.3 is 19.3 Å². The van der Waals surface area contributed by atoms with Crippen LogP contribution in [0.3, 0.4) is 0 Å². The van der Waals surface area contributed by atoms with Gasteiger partial charge in [-0.1, -0.05) is 26.7 Å². The van der Waals surface area contributed by atoms with Gasteiger partial charge in [-0.25, -0.2) is 9.18 Å². The Kier molecular flexibility index (Phi) is 10.5. The van der Waals surface area contributed by atoms with Crippen LogP contribution in [0.25, 0.3) is 0 Å². The molecule has 10 heteroatoms. The van der Waals surface area contributed by atoms with Crippen LogP contribution in [0, 0.1) is 5.82 Å². The van der Waals surface area contributed by atoms with Gasteiger partial charge in [0.05, 0.1) is 18.4 Å². The Morgan fingerprint density at radius 1 is 1.06 bits per heavy atom. The van der Waals surface area contributed by atoms with Crippen molar-refractivity contribution >= 4 is 28.0 Å². The van der Waals surface area contributed by atoms with Gasteiger partial charge in [-0.3, -0.25) is 0 Å². The van der Waals surface area contributed by atoms with Crippen molar-refractivity contribution in [1.82, 2.24) is 4.90 Å². The highest BCUT2D eigenvalue weighted by Gasteiger charge is 2.28. The average Bonchev–Trinajstić information content (AvgIpc) is 2.84. The van der Waals surface area contributed by atoms with E-state index in [0.29, 0.717) is 18.8 Å². The number of hydrogen-bond acceptors (Lipinski definition) is 6. The van der Waals surface area contributed by atoms with Crippen LogP contribution >= 0.6 is 0 Å². The van der Waals surface area contributed by atoms with Crippen molar-refractivity contribution in [2.45, 2.75) is 44.4 Å². The van der Waals surface area contributed by atoms with Crippen molar-refractivity contribution in [3.8, 4) is 11.5 Å². The number of carbonyl (C=O) groups excluding carboxylic acids is 1. The number of esters is 1. The van der Waals surface area contributed by atoms with Crippen LogP contribution in [-0.2, 0) is 14.8 Å². The monoisotopic (exact) mass is 507 g/mol. The van der Waals surface area contributed by atoms with Crippen molar-refractivity contribution < 1.29 is 27.1 Å². The van der Waals surface area contributed by atoms with Gasteiger partial charge in [0, 0.05) is 27.2 Å². The van der Waals surface area contributed by atoms with Gasteiger partial charge in [-0.05, 0) is 49.2 Å². The molecule has 2 rings (SSSR count). The van der Waals surface area contributed by atoms with Crippen LogP contribution in [0.15, 0.2) is 45.7 Å². The number of ether oxygens (including phenoxy) is 2. The Labute approximate surface area is 207 Å². The van der Waals surface area contributed by atoms with Gasteiger partial charge in [-0.15, -0.1) is 4.40 Å². The smallest absolute Gasteiger partial charge is 0.337 e. The summed E-state index contributed by atoms with van der Waals surface area (Å²) >= 11 is 0. The van der Waals surface area contributed by atoms with E-state index in [1.54, 1.807) is 20.2 Å². The van der Waals surface area contributed by atoms with E-state index >= 15 is 0 Å². The van der Waals surface area contributed by atoms with Crippen molar-refractivity contribution in [3.63, 3.8) is 0 Å². The molecule has 0 N–H and O–H groups in total. The van der Waals surface area contributed by atoms with Crippen LogP contribution in [-0.4, -0.2) is 59.9 Å². The third-order valence-corrected chi connectivity index (χ3v) is 6.32. The highest BCUT2D eigenvalue weighted by atomic mass is 32.2. The number of methoxy groups -OCH3 is 1. The standard InChI is InChI=1S/C25H34FN3O5S/c1-6-8-14-29(15-9-7-2)22-16-19(25(30)33-5)17-23(35(31,32)27-18-28(3)4)24(22)34-21-12-10-20(26)11-13-21/h10-13,16-18H,6-9,14-15H2,1-5H3. The lowest BCUT2D eigenvalue weighted by Crippen LogP contribution is -2.27. The SMILES string of the molecule is CCCCN(CCCC)c1cc(C(=O)OC)cc(S(=O)(=O)N=CN(C)C)c1Oc1ccc(F)cc1. The first kappa shape index (κ1) is 28.1. The van der Waals surface area contributed by atoms with E-state index in [1.165, 1.54) is 42.3 Å². The van der Waals surface area contributed by atoms with E-state index in [9.17, 15) is 17.6 Å². The molecule has 0 aliphatic heterocycles. The Hall–Kier alpha value is -3.14. The van der Waals surface area contributed by atoms with Crippen molar-refractivity contribution in [2.75, 3.05) is 39.2 Å². The fourth-order valence-corrected chi connectivity index (χ4v) is 4.32. The zero-order valence-corrected chi connectivity index (χ0v) is 21.8. The second-order valence-corrected chi connectivity index (χ2v) is 9.82. The number of nitrogens with zero attached hydrogens (tertiary/aromatic N) is 3. The topological polar surface area (TPSA) is 88.5 Å². The molecule has 2 aromatic carbocycles. The van der Waals surface area contributed by atoms with E-state index < -0.39 is 21.8 Å². The van der Waals surface area contributed by atoms with Gasteiger partial charge in [0.2, 0.25) is 0 Å². The minimum Gasteiger partial charge on any atom is -0.465 e. The number of anilines is 1. The summed E-state index contributed by atoms with van der Waals surface area (Å²) in [5.41, 5.74) is 0.489. The molecule has 0 aromatic heterocycles. The molecule has 0 radical (unpaired) electrons. The first-order valence-electron chi connectivity index (χ1n) is 11.5. The molecular formula is C25H34FN3O5S. The molecule has 8 nitrogen and oxygen atoms in total. The average molecular weight is 508 g/mol. The quantitative estimate of drug-likeness (QED) is 0.212. The molecule has 0 aliphatic rings. The van der Waals surface area contributed by atoms with Gasteiger partial charge in [0.25, 0.3) is 10.0 Å². The molecule has 0 fully saturated rings. The molecule has 0 spiro atoms. The van der Waals surface area contributed by atoms with E-state index in [4.69, 9.17) is 9.47 Å². The molecule has 0 atom stereocenters. The van der Waals surface area contributed by atoms with Gasteiger partial charge in [0.15, 0.2) is 5.75 Å². The maximum Gasteiger partial charge on any atom is 0.337 e. The van der Waals surface area contributed by atoms with E-state index in [-0.39, 0.29) is 22.0 Å². The van der Waals surface area contributed by atoms with E-state index in [1.807, 2.05) is 4.90 Å². The minimum absolute atomic E-state index is 0.0207. The molecule has 2 aromatic rings. The van der Waals surface area contributed by atoms with Gasteiger partial charge in [-0.2, -0.15) is 8.42 Å². The van der Waals surface area contributed by atoms with Crippen LogP contribution in [0.2, 0.25) is 0 Å². The predicted octanol–water partition coefficient (Wildman–Crippen LogP) is 5.09. The molecule has 0 unspecified atom stereocenters. The number of hydrogen-bond donors (Lipinski definition) is 0. The second kappa shape index (κ2) is 13.1. The maximum atomic E-state index is 13.5. The summed E-state index contributed by atoms with van der Waals surface area (Å²) in [7, 11) is 0.233. The fourth-order valence-electron chi connectivity index (χ4n) is 3.24. The molecule has 0 heterocycles. The summed E-state index contributed by atoms with van der Waals surface area (Å²) in [5.74, 6) is -0.863. The lowest BCUT2D eigenvalue weighted by Gasteiger charge is -2.28. The van der Waals surface area contributed by atoms with Crippen LogP contribution in [0.4, 0.5) is 10.1 Å². The van der Waals surface area contributed by atoms with Gasteiger partial charge in [0.1, 0.15) is 22.8 Å². The second-order valence-electron chi connectivity index (χ2n) is 8.22. The summed E-state index contributed by atoms with van der Waals surface area (Å²) in [4.78, 5) is 15.7. The van der Waals surface area contributed by atoms with Crippen LogP contribution in [0.5, 0.6) is 11.5 Å². The molecule has 35 heavy (non-hydrogen) atoms. The van der Waals surface area contributed by atoms with Crippen molar-refractivity contribution in [2.24, 2.45) is 4.40 Å². The zero-order valence-electron chi connectivity index (χ0n) is 21.0. The first-order valence-corrected chi connectivity index (χ1v) is 13.0. The number of unbranched alkanes of at least 4 members (excludes halogenated alkanes) is 2. The zero-order chi connectivity index (χ0) is 26.0. The van der Waals surface area contributed by atoms with E-state index in [0.717, 1.165) is 32.0 Å². The normalized spacial score (nSPS) is 11.5. The third kappa shape index (κ3) is 7.95. The van der Waals surface area contributed by atoms with Crippen molar-refractivity contribution in [1.29, 1.82) is 0 Å². The first-order chi connectivity index (χ1) is 16.6. The molecule has 192 valence electrons. The lowest BCUT2D eigenvalue weighted by molar-refractivity contribution is 0.0600. The number of sulfonamides is 1. The fraction of sp³-hybridized carbons (Fsp3) is 0.440. The summed E-state index contributed by atoms with van der Waals surface area (Å²) in [6, 6.07) is 8.05. The summed E-state index contributed by atoms with van der Waals surface area (Å²) in [6.07, 6.45) is 4.71. The predicted molar refractivity (Wildman–Crippen MR) is 136 cm³/mol. The summed E-state index contributed by atoms with van der Waals surface area (Å²) in [6.45, 7) is 5.37. The molecule has 0 aliphatic carbocycles. The lowest BCUT2D eigenvalue weighted by atomic mass is 10.1. The van der Waals surface area contributed by atoms with Crippen LogP contribution in [0.1, 0.15) is 49.9 Å². The van der Waals surface area contributed by atoms with Gasteiger partial charge >= 0.3 is 5.97 Å². The number of benzene rings is 2.